The first kappa shape index (κ1) is 20.0. The van der Waals surface area contributed by atoms with Gasteiger partial charge < -0.3 is 14.5 Å². The van der Waals surface area contributed by atoms with Crippen molar-refractivity contribution in [1.82, 2.24) is 14.9 Å². The molecule has 3 aromatic rings. The number of aromatic nitrogens is 2. The van der Waals surface area contributed by atoms with Crippen molar-refractivity contribution in [3.05, 3.63) is 39.9 Å². The summed E-state index contributed by atoms with van der Waals surface area (Å²) < 4.78 is 11.4. The zero-order chi connectivity index (χ0) is 20.7. The van der Waals surface area contributed by atoms with Crippen LogP contribution in [0.4, 0.5) is 5.82 Å². The van der Waals surface area contributed by atoms with E-state index in [1.54, 1.807) is 0 Å². The molecule has 0 amide bonds. The molecule has 7 heteroatoms. The fourth-order valence-corrected chi connectivity index (χ4v) is 5.88. The molecule has 5 rings (SSSR count). The molecule has 3 aromatic heterocycles. The molecular formula is C23H30N4O2S. The predicted octanol–water partition coefficient (Wildman–Crippen LogP) is 4.72. The van der Waals surface area contributed by atoms with Crippen LogP contribution in [0.5, 0.6) is 0 Å². The van der Waals surface area contributed by atoms with E-state index in [1.807, 2.05) is 30.4 Å². The number of morpholine rings is 1. The average molecular weight is 427 g/mol. The first-order chi connectivity index (χ1) is 14.6. The van der Waals surface area contributed by atoms with Gasteiger partial charge >= 0.3 is 0 Å². The molecule has 160 valence electrons. The maximum Gasteiger partial charge on any atom is 0.146 e. The maximum absolute atomic E-state index is 5.86. The second kappa shape index (κ2) is 8.29. The molecule has 2 aliphatic rings. The largest absolute Gasteiger partial charge is 0.464 e. The van der Waals surface area contributed by atoms with Gasteiger partial charge in [-0.1, -0.05) is 6.92 Å². The van der Waals surface area contributed by atoms with Crippen molar-refractivity contribution < 1.29 is 9.15 Å². The molecule has 0 saturated carbocycles. The lowest BCUT2D eigenvalue weighted by molar-refractivity contribution is 0.0331. The van der Waals surface area contributed by atoms with Crippen LogP contribution in [-0.2, 0) is 24.1 Å². The molecule has 0 bridgehead atoms. The van der Waals surface area contributed by atoms with Crippen molar-refractivity contribution in [2.75, 3.05) is 31.6 Å². The van der Waals surface area contributed by atoms with Crippen LogP contribution in [0, 0.1) is 12.8 Å². The minimum absolute atomic E-state index is 0.0473. The lowest BCUT2D eigenvalue weighted by atomic mass is 9.89. The minimum Gasteiger partial charge on any atom is -0.464 e. The third-order valence-corrected chi connectivity index (χ3v) is 7.36. The number of hydrogen-bond acceptors (Lipinski definition) is 7. The number of thiophene rings is 1. The lowest BCUT2D eigenvalue weighted by Crippen LogP contribution is -2.36. The number of aryl methyl sites for hydroxylation is 2. The van der Waals surface area contributed by atoms with Crippen LogP contribution in [0.25, 0.3) is 10.2 Å². The summed E-state index contributed by atoms with van der Waals surface area (Å²) in [5, 5.41) is 4.88. The van der Waals surface area contributed by atoms with Crippen molar-refractivity contribution in [2.45, 2.75) is 52.6 Å². The van der Waals surface area contributed by atoms with Crippen molar-refractivity contribution in [2.24, 2.45) is 5.92 Å². The highest BCUT2D eigenvalue weighted by molar-refractivity contribution is 7.19. The van der Waals surface area contributed by atoms with Gasteiger partial charge in [-0.25, -0.2) is 9.97 Å². The quantitative estimate of drug-likeness (QED) is 0.637. The third kappa shape index (κ3) is 3.98. The van der Waals surface area contributed by atoms with Crippen LogP contribution in [0.3, 0.4) is 0 Å². The summed E-state index contributed by atoms with van der Waals surface area (Å²) in [4.78, 5) is 15.0. The zero-order valence-corrected chi connectivity index (χ0v) is 18.8. The van der Waals surface area contributed by atoms with E-state index in [1.165, 1.54) is 22.2 Å². The van der Waals surface area contributed by atoms with E-state index in [9.17, 15) is 0 Å². The fraction of sp³-hybridized carbons (Fsp3) is 0.565. The Labute approximate surface area is 181 Å². The fourth-order valence-electron chi connectivity index (χ4n) is 4.48. The van der Waals surface area contributed by atoms with Gasteiger partial charge in [0.05, 0.1) is 31.2 Å². The Balaban J connectivity index is 1.52. The van der Waals surface area contributed by atoms with Crippen LogP contribution in [0.2, 0.25) is 0 Å². The van der Waals surface area contributed by atoms with Gasteiger partial charge in [0, 0.05) is 18.0 Å². The Kier molecular flexibility index (Phi) is 5.52. The standard InChI is InChI=1S/C23H30N4O2S/c1-14-4-6-17-19(12-14)30-23-21(17)22(24-16(3)18-7-5-15(2)29-18)25-20(26-23)13-27-8-10-28-11-9-27/h5,7,14,16H,4,6,8-13H2,1-3H3,(H,24,25,26)/t14-,16-/m0/s1. The zero-order valence-electron chi connectivity index (χ0n) is 18.0. The normalized spacial score (nSPS) is 21.0. The van der Waals surface area contributed by atoms with E-state index < -0.39 is 0 Å². The van der Waals surface area contributed by atoms with E-state index in [0.717, 1.165) is 79.6 Å². The monoisotopic (exact) mass is 426 g/mol. The van der Waals surface area contributed by atoms with E-state index in [2.05, 4.69) is 24.1 Å². The van der Waals surface area contributed by atoms with Crippen molar-refractivity contribution in [1.29, 1.82) is 0 Å². The Hall–Kier alpha value is -1.96. The van der Waals surface area contributed by atoms with E-state index in [0.29, 0.717) is 0 Å². The summed E-state index contributed by atoms with van der Waals surface area (Å²) >= 11 is 1.86. The van der Waals surface area contributed by atoms with E-state index >= 15 is 0 Å². The first-order valence-electron chi connectivity index (χ1n) is 11.0. The second-order valence-corrected chi connectivity index (χ2v) is 9.81. The van der Waals surface area contributed by atoms with Crippen LogP contribution in [0.15, 0.2) is 16.5 Å². The number of rotatable bonds is 5. The molecule has 0 radical (unpaired) electrons. The molecule has 0 aromatic carbocycles. The topological polar surface area (TPSA) is 63.4 Å². The van der Waals surface area contributed by atoms with Crippen molar-refractivity contribution in [3.63, 3.8) is 0 Å². The van der Waals surface area contributed by atoms with Gasteiger partial charge in [0.2, 0.25) is 0 Å². The number of anilines is 1. The number of fused-ring (bicyclic) bond motifs is 3. The van der Waals surface area contributed by atoms with Gasteiger partial charge in [0.15, 0.2) is 0 Å². The molecule has 1 saturated heterocycles. The van der Waals surface area contributed by atoms with E-state index in [4.69, 9.17) is 19.1 Å². The third-order valence-electron chi connectivity index (χ3n) is 6.21. The number of furan rings is 1. The van der Waals surface area contributed by atoms with Crippen LogP contribution in [-0.4, -0.2) is 41.2 Å². The SMILES string of the molecule is Cc1ccc([C@H](C)Nc2nc(CN3CCOCC3)nc3sc4c(c23)CC[C@H](C)C4)o1. The van der Waals surface area contributed by atoms with Gasteiger partial charge in [-0.05, 0) is 56.7 Å². The first-order valence-corrected chi connectivity index (χ1v) is 11.8. The molecule has 2 atom stereocenters. The molecule has 30 heavy (non-hydrogen) atoms. The predicted molar refractivity (Wildman–Crippen MR) is 120 cm³/mol. The van der Waals surface area contributed by atoms with Gasteiger partial charge in [-0.2, -0.15) is 0 Å². The maximum atomic E-state index is 5.86. The summed E-state index contributed by atoms with van der Waals surface area (Å²) in [6.07, 6.45) is 3.51. The van der Waals surface area contributed by atoms with Gasteiger partial charge in [0.1, 0.15) is 28.0 Å². The Morgan fingerprint density at radius 3 is 2.87 bits per heavy atom. The molecule has 4 heterocycles. The van der Waals surface area contributed by atoms with Gasteiger partial charge in [0.25, 0.3) is 0 Å². The Bertz CT molecular complexity index is 1040. The highest BCUT2D eigenvalue weighted by atomic mass is 32.1. The van der Waals surface area contributed by atoms with Gasteiger partial charge in [-0.15, -0.1) is 11.3 Å². The molecular weight excluding hydrogens is 396 g/mol. The summed E-state index contributed by atoms with van der Waals surface area (Å²) in [5.74, 6) is 4.46. The summed E-state index contributed by atoms with van der Waals surface area (Å²) in [6.45, 7) is 10.7. The van der Waals surface area contributed by atoms with Gasteiger partial charge in [-0.3, -0.25) is 4.90 Å². The molecule has 1 aliphatic heterocycles. The second-order valence-electron chi connectivity index (χ2n) is 8.72. The number of hydrogen-bond donors (Lipinski definition) is 1. The summed E-state index contributed by atoms with van der Waals surface area (Å²) in [5.41, 5.74) is 1.45. The van der Waals surface area contributed by atoms with Crippen LogP contribution >= 0.6 is 11.3 Å². The van der Waals surface area contributed by atoms with E-state index in [-0.39, 0.29) is 6.04 Å². The highest BCUT2D eigenvalue weighted by Crippen LogP contribution is 2.41. The Morgan fingerprint density at radius 2 is 2.10 bits per heavy atom. The Morgan fingerprint density at radius 1 is 1.27 bits per heavy atom. The van der Waals surface area contributed by atoms with Crippen LogP contribution < -0.4 is 5.32 Å². The average Bonchev–Trinajstić information content (AvgIpc) is 3.31. The van der Waals surface area contributed by atoms with Crippen LogP contribution in [0.1, 0.15) is 54.1 Å². The summed E-state index contributed by atoms with van der Waals surface area (Å²) in [6, 6.07) is 4.11. The molecule has 1 N–H and O–H groups in total. The molecule has 6 nitrogen and oxygen atoms in total. The number of ether oxygens (including phenoxy) is 1. The molecule has 0 unspecified atom stereocenters. The van der Waals surface area contributed by atoms with Crippen molar-refractivity contribution in [3.8, 4) is 0 Å². The molecule has 1 fully saturated rings. The lowest BCUT2D eigenvalue weighted by Gasteiger charge is -2.26. The highest BCUT2D eigenvalue weighted by Gasteiger charge is 2.25. The number of nitrogens with one attached hydrogen (secondary N) is 1. The molecule has 0 spiro atoms. The summed E-state index contributed by atoms with van der Waals surface area (Å²) in [7, 11) is 0. The number of nitrogens with zero attached hydrogens (tertiary/aromatic N) is 3. The minimum atomic E-state index is 0.0473. The molecule has 1 aliphatic carbocycles. The van der Waals surface area contributed by atoms with Crippen molar-refractivity contribution >= 4 is 27.4 Å². The smallest absolute Gasteiger partial charge is 0.146 e.